The quantitative estimate of drug-likeness (QED) is 0.924. The van der Waals surface area contributed by atoms with Crippen LogP contribution in [-0.2, 0) is 6.61 Å². The van der Waals surface area contributed by atoms with Gasteiger partial charge in [0.1, 0.15) is 0 Å². The molecule has 100 valence electrons. The Labute approximate surface area is 108 Å². The molecule has 2 aromatic rings. The van der Waals surface area contributed by atoms with Crippen LogP contribution in [0.2, 0.25) is 0 Å². The van der Waals surface area contributed by atoms with E-state index in [1.54, 1.807) is 12.1 Å². The van der Waals surface area contributed by atoms with E-state index in [0.29, 0.717) is 17.3 Å². The highest BCUT2D eigenvalue weighted by Gasteiger charge is 2.30. The van der Waals surface area contributed by atoms with E-state index >= 15 is 0 Å². The summed E-state index contributed by atoms with van der Waals surface area (Å²) in [6.07, 6.45) is -0.351. The molecule has 19 heavy (non-hydrogen) atoms. The minimum Gasteiger partial charge on any atom is -0.390 e. The van der Waals surface area contributed by atoms with Gasteiger partial charge in [-0.05, 0) is 25.0 Å². The molecule has 4 nitrogen and oxygen atoms in total. The Morgan fingerprint density at radius 2 is 1.95 bits per heavy atom. The summed E-state index contributed by atoms with van der Waals surface area (Å²) >= 11 is 0. The molecule has 1 aliphatic rings. The lowest BCUT2D eigenvalue weighted by molar-refractivity contribution is 0.151. The highest BCUT2D eigenvalue weighted by atomic mass is 19.3. The van der Waals surface area contributed by atoms with Crippen molar-refractivity contribution >= 4 is 0 Å². The fraction of sp³-hybridized carbons (Fsp3) is 0.385. The number of hydrogen-bond donors (Lipinski definition) is 1. The van der Waals surface area contributed by atoms with Crippen molar-refractivity contribution in [2.75, 3.05) is 0 Å². The second kappa shape index (κ2) is 4.70. The van der Waals surface area contributed by atoms with Gasteiger partial charge in [-0.25, -0.2) is 13.5 Å². The Hall–Kier alpha value is -1.82. The third-order valence-electron chi connectivity index (χ3n) is 3.30. The van der Waals surface area contributed by atoms with E-state index in [-0.39, 0.29) is 12.2 Å². The molecular weight excluding hydrogens is 252 g/mol. The first-order valence-electron chi connectivity index (χ1n) is 6.14. The number of hydrogen-bond acceptors (Lipinski definition) is 3. The fourth-order valence-corrected chi connectivity index (χ4v) is 2.10. The Morgan fingerprint density at radius 1 is 1.26 bits per heavy atom. The maximum atomic E-state index is 12.5. The molecule has 0 spiro atoms. The highest BCUT2D eigenvalue weighted by molar-refractivity contribution is 5.37. The van der Waals surface area contributed by atoms with Gasteiger partial charge in [0.15, 0.2) is 0 Å². The molecule has 6 heteroatoms. The van der Waals surface area contributed by atoms with Gasteiger partial charge in [0.2, 0.25) is 0 Å². The minimum atomic E-state index is -2.48. The van der Waals surface area contributed by atoms with Gasteiger partial charge in [-0.15, -0.1) is 5.10 Å². The lowest BCUT2D eigenvalue weighted by Gasteiger charge is -2.06. The van der Waals surface area contributed by atoms with Crippen molar-refractivity contribution in [1.82, 2.24) is 15.0 Å². The molecule has 1 N–H and O–H groups in total. The zero-order valence-corrected chi connectivity index (χ0v) is 10.1. The van der Waals surface area contributed by atoms with Crippen LogP contribution in [0.1, 0.15) is 42.1 Å². The van der Waals surface area contributed by atoms with Crippen molar-refractivity contribution in [1.29, 1.82) is 0 Å². The van der Waals surface area contributed by atoms with E-state index in [9.17, 15) is 13.9 Å². The van der Waals surface area contributed by atoms with Crippen LogP contribution in [0.4, 0.5) is 8.78 Å². The molecule has 0 amide bonds. The van der Waals surface area contributed by atoms with Crippen LogP contribution in [-0.4, -0.2) is 20.1 Å². The standard InChI is InChI=1S/C13H13F2N3O/c14-13(15)9-3-5-10(6-4-9)18-11(7-19)12(16-17-18)8-1-2-8/h3-6,8,13,19H,1-2,7H2. The summed E-state index contributed by atoms with van der Waals surface area (Å²) in [6, 6.07) is 5.84. The molecule has 0 radical (unpaired) electrons. The Morgan fingerprint density at radius 3 is 2.47 bits per heavy atom. The normalized spacial score (nSPS) is 15.2. The molecule has 1 aromatic carbocycles. The van der Waals surface area contributed by atoms with Gasteiger partial charge in [-0.2, -0.15) is 0 Å². The molecule has 1 heterocycles. The summed E-state index contributed by atoms with van der Waals surface area (Å²) in [5.41, 5.74) is 2.07. The molecule has 0 atom stereocenters. The van der Waals surface area contributed by atoms with Gasteiger partial charge in [-0.3, -0.25) is 0 Å². The molecule has 0 bridgehead atoms. The summed E-state index contributed by atoms with van der Waals surface area (Å²) in [5, 5.41) is 17.5. The zero-order valence-electron chi connectivity index (χ0n) is 10.1. The number of aliphatic hydroxyl groups is 1. The van der Waals surface area contributed by atoms with Crippen molar-refractivity contribution < 1.29 is 13.9 Å². The molecule has 3 rings (SSSR count). The zero-order chi connectivity index (χ0) is 13.4. The number of rotatable bonds is 4. The Balaban J connectivity index is 1.97. The summed E-state index contributed by atoms with van der Waals surface area (Å²) in [6.45, 7) is -0.157. The van der Waals surface area contributed by atoms with Crippen LogP contribution in [0.3, 0.4) is 0 Å². The number of halogens is 2. The molecule has 1 fully saturated rings. The third-order valence-corrected chi connectivity index (χ3v) is 3.30. The van der Waals surface area contributed by atoms with Gasteiger partial charge in [-0.1, -0.05) is 17.3 Å². The lowest BCUT2D eigenvalue weighted by Crippen LogP contribution is -2.03. The number of benzene rings is 1. The topological polar surface area (TPSA) is 50.9 Å². The second-order valence-corrected chi connectivity index (χ2v) is 4.66. The number of aromatic nitrogens is 3. The lowest BCUT2D eigenvalue weighted by atomic mass is 10.2. The minimum absolute atomic E-state index is 0.0307. The smallest absolute Gasteiger partial charge is 0.263 e. The number of nitrogens with zero attached hydrogens (tertiary/aromatic N) is 3. The molecule has 0 unspecified atom stereocenters. The van der Waals surface area contributed by atoms with Crippen LogP contribution in [0.15, 0.2) is 24.3 Å². The van der Waals surface area contributed by atoms with Gasteiger partial charge in [0.25, 0.3) is 6.43 Å². The first-order chi connectivity index (χ1) is 9.20. The Kier molecular flexibility index (Phi) is 3.02. The summed E-state index contributed by atoms with van der Waals surface area (Å²) in [7, 11) is 0. The first kappa shape index (κ1) is 12.2. The predicted octanol–water partition coefficient (Wildman–Crippen LogP) is 2.57. The summed E-state index contributed by atoms with van der Waals surface area (Å²) in [5.74, 6) is 0.385. The van der Waals surface area contributed by atoms with Crippen LogP contribution in [0.5, 0.6) is 0 Å². The molecular formula is C13H13F2N3O. The average molecular weight is 265 g/mol. The molecule has 1 aromatic heterocycles. The summed E-state index contributed by atoms with van der Waals surface area (Å²) in [4.78, 5) is 0. The van der Waals surface area contributed by atoms with Crippen molar-refractivity contribution in [2.24, 2.45) is 0 Å². The number of alkyl halides is 2. The predicted molar refractivity (Wildman–Crippen MR) is 64.2 cm³/mol. The van der Waals surface area contributed by atoms with Gasteiger partial charge in [0, 0.05) is 11.5 Å². The SMILES string of the molecule is OCc1c(C2CC2)nnn1-c1ccc(C(F)F)cc1. The van der Waals surface area contributed by atoms with Crippen LogP contribution >= 0.6 is 0 Å². The molecule has 1 aliphatic carbocycles. The van der Waals surface area contributed by atoms with Crippen molar-refractivity contribution in [3.63, 3.8) is 0 Å². The van der Waals surface area contributed by atoms with E-state index in [2.05, 4.69) is 10.3 Å². The van der Waals surface area contributed by atoms with E-state index in [4.69, 9.17) is 0 Å². The van der Waals surface area contributed by atoms with Crippen LogP contribution < -0.4 is 0 Å². The molecule has 0 aliphatic heterocycles. The maximum absolute atomic E-state index is 12.5. The third kappa shape index (κ3) is 2.23. The van der Waals surface area contributed by atoms with E-state index in [0.717, 1.165) is 18.5 Å². The summed E-state index contributed by atoms with van der Waals surface area (Å²) < 4.78 is 26.5. The second-order valence-electron chi connectivity index (χ2n) is 4.66. The van der Waals surface area contributed by atoms with E-state index < -0.39 is 6.43 Å². The molecule has 1 saturated carbocycles. The van der Waals surface area contributed by atoms with Crippen molar-refractivity contribution in [3.05, 3.63) is 41.2 Å². The maximum Gasteiger partial charge on any atom is 0.263 e. The fourth-order valence-electron chi connectivity index (χ4n) is 2.10. The van der Waals surface area contributed by atoms with Crippen LogP contribution in [0, 0.1) is 0 Å². The molecule has 0 saturated heterocycles. The van der Waals surface area contributed by atoms with Crippen molar-refractivity contribution in [2.45, 2.75) is 31.8 Å². The highest BCUT2D eigenvalue weighted by Crippen LogP contribution is 2.40. The monoisotopic (exact) mass is 265 g/mol. The number of aliphatic hydroxyl groups excluding tert-OH is 1. The van der Waals surface area contributed by atoms with Gasteiger partial charge >= 0.3 is 0 Å². The van der Waals surface area contributed by atoms with Gasteiger partial charge in [0.05, 0.1) is 23.7 Å². The average Bonchev–Trinajstić information content (AvgIpc) is 3.18. The van der Waals surface area contributed by atoms with Crippen LogP contribution in [0.25, 0.3) is 5.69 Å². The van der Waals surface area contributed by atoms with Gasteiger partial charge < -0.3 is 5.11 Å². The van der Waals surface area contributed by atoms with E-state index in [1.807, 2.05) is 0 Å². The van der Waals surface area contributed by atoms with E-state index in [1.165, 1.54) is 16.8 Å². The largest absolute Gasteiger partial charge is 0.390 e. The van der Waals surface area contributed by atoms with Crippen molar-refractivity contribution in [3.8, 4) is 5.69 Å². The first-order valence-corrected chi connectivity index (χ1v) is 6.14. The Bertz CT molecular complexity index is 576.